The highest BCUT2D eigenvalue weighted by Crippen LogP contribution is 2.34. The van der Waals surface area contributed by atoms with Crippen LogP contribution in [0.25, 0.3) is 34.0 Å². The Morgan fingerprint density at radius 3 is 2.71 bits per heavy atom. The Balaban J connectivity index is 1.37. The van der Waals surface area contributed by atoms with E-state index in [-0.39, 0.29) is 17.9 Å². The highest BCUT2D eigenvalue weighted by atomic mass is 35.5. The first-order valence-electron chi connectivity index (χ1n) is 12.5. The van der Waals surface area contributed by atoms with Crippen LogP contribution in [-0.4, -0.2) is 41.4 Å². The molecule has 1 N–H and O–H groups in total. The van der Waals surface area contributed by atoms with Crippen LogP contribution >= 0.6 is 11.6 Å². The molecule has 2 atom stereocenters. The third-order valence-electron chi connectivity index (χ3n) is 6.95. The predicted molar refractivity (Wildman–Crippen MR) is 146 cm³/mol. The van der Waals surface area contributed by atoms with Gasteiger partial charge in [-0.3, -0.25) is 4.79 Å². The molecule has 2 heterocycles. The number of nitrogens with one attached hydrogen (secondary N) is 1. The molecule has 1 saturated carbocycles. The van der Waals surface area contributed by atoms with Gasteiger partial charge in [-0.25, -0.2) is 4.98 Å². The number of rotatable bonds is 8. The Kier molecular flexibility index (Phi) is 7.72. The zero-order chi connectivity index (χ0) is 26.6. The lowest BCUT2D eigenvalue weighted by Crippen LogP contribution is -2.31. The quantitative estimate of drug-likeness (QED) is 0.263. The van der Waals surface area contributed by atoms with E-state index in [9.17, 15) is 4.79 Å². The number of carbonyl (C=O) groups is 1. The molecule has 2 aromatic carbocycles. The van der Waals surface area contributed by atoms with Gasteiger partial charge in [0, 0.05) is 30.5 Å². The number of ether oxygens (including phenoxy) is 2. The van der Waals surface area contributed by atoms with Gasteiger partial charge in [0.05, 0.1) is 24.7 Å². The van der Waals surface area contributed by atoms with Crippen LogP contribution in [0.4, 0.5) is 5.82 Å². The Morgan fingerprint density at radius 2 is 1.95 bits per heavy atom. The first-order chi connectivity index (χ1) is 18.5. The second-order valence-electron chi connectivity index (χ2n) is 9.41. The van der Waals surface area contributed by atoms with Crippen molar-refractivity contribution in [2.24, 2.45) is 5.92 Å². The monoisotopic (exact) mass is 532 g/mol. The number of pyridine rings is 1. The van der Waals surface area contributed by atoms with Crippen LogP contribution in [-0.2, 0) is 20.9 Å². The molecule has 1 aliphatic carbocycles. The van der Waals surface area contributed by atoms with Gasteiger partial charge < -0.3 is 19.3 Å². The lowest BCUT2D eigenvalue weighted by atomic mass is 9.94. The van der Waals surface area contributed by atoms with Gasteiger partial charge in [-0.2, -0.15) is 4.98 Å². The number of nitrogens with zero attached hydrogens (tertiary/aromatic N) is 3. The van der Waals surface area contributed by atoms with Gasteiger partial charge in [0.1, 0.15) is 5.82 Å². The van der Waals surface area contributed by atoms with Gasteiger partial charge in [0.15, 0.2) is 0 Å². The third-order valence-corrected chi connectivity index (χ3v) is 7.24. The van der Waals surface area contributed by atoms with Crippen molar-refractivity contribution in [1.29, 1.82) is 0 Å². The summed E-state index contributed by atoms with van der Waals surface area (Å²) in [5.74, 6) is 0.852. The van der Waals surface area contributed by atoms with E-state index in [1.54, 1.807) is 19.4 Å². The fourth-order valence-electron chi connectivity index (χ4n) is 5.01. The molecular weight excluding hydrogens is 504 g/mol. The van der Waals surface area contributed by atoms with Crippen LogP contribution in [0.15, 0.2) is 59.3 Å². The van der Waals surface area contributed by atoms with E-state index in [0.29, 0.717) is 34.7 Å². The van der Waals surface area contributed by atoms with Crippen LogP contribution in [0.3, 0.4) is 0 Å². The molecule has 0 spiro atoms. The topological polar surface area (TPSA) is 99.4 Å². The molecule has 2 unspecified atom stereocenters. The van der Waals surface area contributed by atoms with E-state index in [4.69, 9.17) is 25.6 Å². The van der Waals surface area contributed by atoms with Gasteiger partial charge in [-0.15, -0.1) is 0 Å². The predicted octanol–water partition coefficient (Wildman–Crippen LogP) is 6.33. The Morgan fingerprint density at radius 1 is 1.11 bits per heavy atom. The van der Waals surface area contributed by atoms with Crippen molar-refractivity contribution < 1.29 is 18.8 Å². The summed E-state index contributed by atoms with van der Waals surface area (Å²) in [5.41, 5.74) is 5.89. The van der Waals surface area contributed by atoms with Crippen LogP contribution in [0.2, 0.25) is 5.02 Å². The molecule has 4 aromatic rings. The second-order valence-corrected chi connectivity index (χ2v) is 9.82. The molecule has 0 aliphatic heterocycles. The lowest BCUT2D eigenvalue weighted by Gasteiger charge is -2.20. The average molecular weight is 533 g/mol. The van der Waals surface area contributed by atoms with Gasteiger partial charge in [0.25, 0.3) is 5.89 Å². The standard InChI is InChI=1S/C29H29ClN4O4/c1-17-7-4-5-8-21(17)22-12-11-18(13-20(22)16-36-2)28-33-26(34-38-28)19-14-24(30)27(31-15-19)32-25-10-6-9-23(25)29(35)37-3/h4-5,7-8,11-15,23,25H,6,9-10,16H2,1-3H3,(H,31,32). The van der Waals surface area contributed by atoms with Crippen LogP contribution in [0.5, 0.6) is 0 Å². The van der Waals surface area contributed by atoms with Crippen molar-refractivity contribution in [3.8, 4) is 34.0 Å². The number of aromatic nitrogens is 3. The van der Waals surface area contributed by atoms with Gasteiger partial charge in [0.2, 0.25) is 5.82 Å². The Bertz CT molecular complexity index is 1450. The number of esters is 1. The molecule has 2 aromatic heterocycles. The molecule has 0 saturated heterocycles. The van der Waals surface area contributed by atoms with E-state index in [0.717, 1.165) is 41.5 Å². The van der Waals surface area contributed by atoms with E-state index in [1.807, 2.05) is 24.3 Å². The summed E-state index contributed by atoms with van der Waals surface area (Å²) in [4.78, 5) is 21.1. The smallest absolute Gasteiger partial charge is 0.310 e. The first-order valence-corrected chi connectivity index (χ1v) is 12.9. The fraction of sp³-hybridized carbons (Fsp3) is 0.310. The van der Waals surface area contributed by atoms with E-state index < -0.39 is 0 Å². The summed E-state index contributed by atoms with van der Waals surface area (Å²) in [6, 6.07) is 16.0. The zero-order valence-electron chi connectivity index (χ0n) is 21.5. The van der Waals surface area contributed by atoms with Crippen LogP contribution in [0, 0.1) is 12.8 Å². The molecule has 0 radical (unpaired) electrons. The molecule has 9 heteroatoms. The summed E-state index contributed by atoms with van der Waals surface area (Å²) in [7, 11) is 3.09. The van der Waals surface area contributed by atoms with Crippen LogP contribution < -0.4 is 5.32 Å². The number of hydrogen-bond donors (Lipinski definition) is 1. The highest BCUT2D eigenvalue weighted by molar-refractivity contribution is 6.33. The minimum absolute atomic E-state index is 0.0704. The molecule has 1 fully saturated rings. The number of aryl methyl sites for hydroxylation is 1. The van der Waals surface area contributed by atoms with Crippen molar-refractivity contribution in [2.45, 2.75) is 38.8 Å². The summed E-state index contributed by atoms with van der Waals surface area (Å²) in [6.45, 7) is 2.54. The van der Waals surface area contributed by atoms with Crippen molar-refractivity contribution in [3.05, 3.63) is 70.9 Å². The van der Waals surface area contributed by atoms with E-state index >= 15 is 0 Å². The maximum Gasteiger partial charge on any atom is 0.310 e. The largest absolute Gasteiger partial charge is 0.469 e. The Labute approximate surface area is 226 Å². The van der Waals surface area contributed by atoms with Gasteiger partial charge >= 0.3 is 5.97 Å². The number of anilines is 1. The number of carbonyl (C=O) groups excluding carboxylic acids is 1. The third kappa shape index (κ3) is 5.28. The number of benzene rings is 2. The van der Waals surface area contributed by atoms with E-state index in [2.05, 4.69) is 45.6 Å². The maximum absolute atomic E-state index is 12.1. The number of hydrogen-bond acceptors (Lipinski definition) is 8. The minimum atomic E-state index is -0.215. The lowest BCUT2D eigenvalue weighted by molar-refractivity contribution is -0.145. The molecule has 5 rings (SSSR count). The van der Waals surface area contributed by atoms with Crippen LogP contribution in [0.1, 0.15) is 30.4 Å². The van der Waals surface area contributed by atoms with Gasteiger partial charge in [-0.05, 0) is 60.2 Å². The van der Waals surface area contributed by atoms with E-state index in [1.165, 1.54) is 12.7 Å². The summed E-state index contributed by atoms with van der Waals surface area (Å²) >= 11 is 6.55. The van der Waals surface area contributed by atoms with Crippen molar-refractivity contribution in [2.75, 3.05) is 19.5 Å². The fourth-order valence-corrected chi connectivity index (χ4v) is 5.23. The summed E-state index contributed by atoms with van der Waals surface area (Å²) < 4.78 is 16.0. The van der Waals surface area contributed by atoms with Crippen molar-refractivity contribution >= 4 is 23.4 Å². The number of halogens is 1. The normalized spacial score (nSPS) is 16.9. The Hall–Kier alpha value is -3.75. The molecule has 38 heavy (non-hydrogen) atoms. The molecule has 0 amide bonds. The summed E-state index contributed by atoms with van der Waals surface area (Å²) in [6.07, 6.45) is 4.21. The number of methoxy groups -OCH3 is 2. The zero-order valence-corrected chi connectivity index (χ0v) is 22.3. The van der Waals surface area contributed by atoms with Gasteiger partial charge in [-0.1, -0.05) is 53.5 Å². The summed E-state index contributed by atoms with van der Waals surface area (Å²) in [5, 5.41) is 7.87. The maximum atomic E-state index is 12.1. The minimum Gasteiger partial charge on any atom is -0.469 e. The first kappa shape index (κ1) is 25.9. The van der Waals surface area contributed by atoms with Crippen molar-refractivity contribution in [1.82, 2.24) is 15.1 Å². The SMILES string of the molecule is COCc1cc(-c2nc(-c3cnc(NC4CCCC4C(=O)OC)c(Cl)c3)no2)ccc1-c1ccccc1C. The molecule has 196 valence electrons. The average Bonchev–Trinajstić information content (AvgIpc) is 3.60. The molecule has 8 nitrogen and oxygen atoms in total. The molecular formula is C29H29ClN4O4. The highest BCUT2D eigenvalue weighted by Gasteiger charge is 2.34. The molecule has 1 aliphatic rings. The van der Waals surface area contributed by atoms with Crippen molar-refractivity contribution in [3.63, 3.8) is 0 Å². The molecule has 0 bridgehead atoms. The second kappa shape index (κ2) is 11.3.